The number of amides is 2. The average Bonchev–Trinajstić information content (AvgIpc) is 3.39. The predicted molar refractivity (Wildman–Crippen MR) is 115 cm³/mol. The molecule has 2 heterocycles. The molecule has 7 heteroatoms. The van der Waals surface area contributed by atoms with E-state index in [1.165, 1.54) is 0 Å². The number of nitrogens with zero attached hydrogens (tertiary/aromatic N) is 4. The molecule has 4 rings (SSSR count). The van der Waals surface area contributed by atoms with E-state index in [-0.39, 0.29) is 17.5 Å². The van der Waals surface area contributed by atoms with Crippen LogP contribution in [0.25, 0.3) is 5.69 Å². The van der Waals surface area contributed by atoms with Crippen molar-refractivity contribution in [2.24, 2.45) is 0 Å². The molecular weight excluding hydrogens is 378 g/mol. The fourth-order valence-corrected chi connectivity index (χ4v) is 3.82. The van der Waals surface area contributed by atoms with Crippen molar-refractivity contribution in [1.29, 1.82) is 0 Å². The van der Waals surface area contributed by atoms with E-state index in [1.54, 1.807) is 16.8 Å². The van der Waals surface area contributed by atoms with Crippen LogP contribution in [0.15, 0.2) is 42.5 Å². The van der Waals surface area contributed by atoms with Crippen LogP contribution in [0.5, 0.6) is 0 Å². The molecule has 0 saturated carbocycles. The number of aromatic nitrogens is 3. The molecule has 0 atom stereocenters. The Morgan fingerprint density at radius 2 is 1.73 bits per heavy atom. The van der Waals surface area contributed by atoms with Gasteiger partial charge in [0.2, 0.25) is 0 Å². The lowest BCUT2D eigenvalue weighted by Gasteiger charge is -2.18. The molecular formula is C23H25N5O2. The van der Waals surface area contributed by atoms with Gasteiger partial charge in [0.25, 0.3) is 11.8 Å². The molecule has 1 aromatic heterocycles. The fourth-order valence-electron chi connectivity index (χ4n) is 3.82. The zero-order chi connectivity index (χ0) is 21.3. The van der Waals surface area contributed by atoms with Gasteiger partial charge in [0.15, 0.2) is 5.69 Å². The van der Waals surface area contributed by atoms with Crippen LogP contribution in [0.3, 0.4) is 0 Å². The number of rotatable bonds is 4. The van der Waals surface area contributed by atoms with E-state index in [9.17, 15) is 9.59 Å². The SMILES string of the molecule is Cc1cccc(-n2nnc(C(=O)Nc3cccc(C(=O)N4CCCC4)c3C)c2C)c1. The maximum Gasteiger partial charge on any atom is 0.278 e. The van der Waals surface area contributed by atoms with Gasteiger partial charge in [-0.25, -0.2) is 4.68 Å². The molecule has 154 valence electrons. The highest BCUT2D eigenvalue weighted by Crippen LogP contribution is 2.23. The minimum Gasteiger partial charge on any atom is -0.339 e. The molecule has 1 fully saturated rings. The summed E-state index contributed by atoms with van der Waals surface area (Å²) in [7, 11) is 0. The maximum absolute atomic E-state index is 12.9. The third-order valence-corrected chi connectivity index (χ3v) is 5.56. The molecule has 1 aliphatic rings. The first-order valence-corrected chi connectivity index (χ1v) is 10.2. The van der Waals surface area contributed by atoms with Gasteiger partial charge in [-0.3, -0.25) is 9.59 Å². The molecule has 2 amide bonds. The number of benzene rings is 2. The largest absolute Gasteiger partial charge is 0.339 e. The molecule has 1 N–H and O–H groups in total. The highest BCUT2D eigenvalue weighted by molar-refractivity contribution is 6.05. The molecule has 7 nitrogen and oxygen atoms in total. The van der Waals surface area contributed by atoms with Crippen LogP contribution in [0.2, 0.25) is 0 Å². The van der Waals surface area contributed by atoms with Gasteiger partial charge in [-0.2, -0.15) is 0 Å². The normalized spacial score (nSPS) is 13.5. The number of carbonyl (C=O) groups excluding carboxylic acids is 2. The quantitative estimate of drug-likeness (QED) is 0.721. The first-order chi connectivity index (χ1) is 14.5. The van der Waals surface area contributed by atoms with E-state index in [0.29, 0.717) is 16.9 Å². The predicted octanol–water partition coefficient (Wildman–Crippen LogP) is 3.68. The van der Waals surface area contributed by atoms with E-state index in [2.05, 4.69) is 15.6 Å². The molecule has 0 aliphatic carbocycles. The zero-order valence-electron chi connectivity index (χ0n) is 17.5. The van der Waals surface area contributed by atoms with Gasteiger partial charge >= 0.3 is 0 Å². The lowest BCUT2D eigenvalue weighted by atomic mass is 10.1. The Kier molecular flexibility index (Phi) is 5.35. The third kappa shape index (κ3) is 3.70. The van der Waals surface area contributed by atoms with Crippen LogP contribution in [0.4, 0.5) is 5.69 Å². The third-order valence-electron chi connectivity index (χ3n) is 5.56. The van der Waals surface area contributed by atoms with E-state index in [4.69, 9.17) is 0 Å². The number of aryl methyl sites for hydroxylation is 1. The average molecular weight is 403 g/mol. The van der Waals surface area contributed by atoms with E-state index >= 15 is 0 Å². The van der Waals surface area contributed by atoms with Crippen LogP contribution >= 0.6 is 0 Å². The molecule has 1 saturated heterocycles. The Balaban J connectivity index is 1.58. The summed E-state index contributed by atoms with van der Waals surface area (Å²) in [5.74, 6) is -0.331. The number of hydrogen-bond donors (Lipinski definition) is 1. The highest BCUT2D eigenvalue weighted by atomic mass is 16.2. The Hall–Kier alpha value is -3.48. The number of hydrogen-bond acceptors (Lipinski definition) is 4. The Bertz CT molecular complexity index is 1110. The van der Waals surface area contributed by atoms with Crippen molar-refractivity contribution < 1.29 is 9.59 Å². The zero-order valence-corrected chi connectivity index (χ0v) is 17.5. The van der Waals surface area contributed by atoms with Gasteiger partial charge in [-0.15, -0.1) is 5.10 Å². The summed E-state index contributed by atoms with van der Waals surface area (Å²) in [5.41, 5.74) is 4.85. The number of likely N-dealkylation sites (tertiary alicyclic amines) is 1. The molecule has 0 unspecified atom stereocenters. The molecule has 2 aromatic carbocycles. The fraction of sp³-hybridized carbons (Fsp3) is 0.304. The molecule has 1 aliphatic heterocycles. The van der Waals surface area contributed by atoms with Crippen molar-refractivity contribution in [3.8, 4) is 5.69 Å². The van der Waals surface area contributed by atoms with Crippen molar-refractivity contribution >= 4 is 17.5 Å². The van der Waals surface area contributed by atoms with Gasteiger partial charge in [-0.05, 0) is 69.0 Å². The van der Waals surface area contributed by atoms with E-state index < -0.39 is 0 Å². The summed E-state index contributed by atoms with van der Waals surface area (Å²) in [6, 6.07) is 13.3. The number of nitrogens with one attached hydrogen (secondary N) is 1. The summed E-state index contributed by atoms with van der Waals surface area (Å²) in [6.45, 7) is 7.25. The van der Waals surface area contributed by atoms with Crippen LogP contribution in [-0.4, -0.2) is 44.8 Å². The van der Waals surface area contributed by atoms with Gasteiger partial charge in [0.05, 0.1) is 11.4 Å². The minimum absolute atomic E-state index is 0.0164. The second-order valence-corrected chi connectivity index (χ2v) is 7.71. The monoisotopic (exact) mass is 403 g/mol. The topological polar surface area (TPSA) is 80.1 Å². The van der Waals surface area contributed by atoms with E-state index in [1.807, 2.05) is 56.0 Å². The summed E-state index contributed by atoms with van der Waals surface area (Å²) in [4.78, 5) is 27.6. The summed E-state index contributed by atoms with van der Waals surface area (Å²) in [5, 5.41) is 11.2. The van der Waals surface area contributed by atoms with E-state index in [0.717, 1.165) is 42.7 Å². The van der Waals surface area contributed by atoms with Crippen LogP contribution in [-0.2, 0) is 0 Å². The summed E-state index contributed by atoms with van der Waals surface area (Å²) >= 11 is 0. The van der Waals surface area contributed by atoms with Crippen molar-refractivity contribution in [1.82, 2.24) is 19.9 Å². The van der Waals surface area contributed by atoms with Gasteiger partial charge in [-0.1, -0.05) is 23.4 Å². The molecule has 0 bridgehead atoms. The number of anilines is 1. The molecule has 0 radical (unpaired) electrons. The first-order valence-electron chi connectivity index (χ1n) is 10.2. The van der Waals surface area contributed by atoms with Crippen LogP contribution in [0, 0.1) is 20.8 Å². The van der Waals surface area contributed by atoms with Crippen LogP contribution in [0.1, 0.15) is 50.5 Å². The highest BCUT2D eigenvalue weighted by Gasteiger charge is 2.23. The minimum atomic E-state index is -0.347. The molecule has 30 heavy (non-hydrogen) atoms. The van der Waals surface area contributed by atoms with Crippen molar-refractivity contribution in [3.05, 3.63) is 70.5 Å². The van der Waals surface area contributed by atoms with Gasteiger partial charge in [0.1, 0.15) is 0 Å². The Labute approximate surface area is 175 Å². The smallest absolute Gasteiger partial charge is 0.278 e. The van der Waals surface area contributed by atoms with Gasteiger partial charge < -0.3 is 10.2 Å². The molecule has 0 spiro atoms. The van der Waals surface area contributed by atoms with Gasteiger partial charge in [0, 0.05) is 24.3 Å². The Morgan fingerprint density at radius 1 is 1.00 bits per heavy atom. The lowest BCUT2D eigenvalue weighted by Crippen LogP contribution is -2.28. The Morgan fingerprint density at radius 3 is 2.47 bits per heavy atom. The summed E-state index contributed by atoms with van der Waals surface area (Å²) < 4.78 is 1.65. The van der Waals surface area contributed by atoms with Crippen molar-refractivity contribution in [2.45, 2.75) is 33.6 Å². The van der Waals surface area contributed by atoms with Crippen molar-refractivity contribution in [2.75, 3.05) is 18.4 Å². The standard InChI is InChI=1S/C23H25N5O2/c1-15-8-6-9-18(14-15)28-17(3)21(25-26-28)22(29)24-20-11-7-10-19(16(20)2)23(30)27-12-4-5-13-27/h6-11,14H,4-5,12-13H2,1-3H3,(H,24,29). The van der Waals surface area contributed by atoms with Crippen LogP contribution < -0.4 is 5.32 Å². The summed E-state index contributed by atoms with van der Waals surface area (Å²) in [6.07, 6.45) is 2.08. The maximum atomic E-state index is 12.9. The second kappa shape index (κ2) is 8.10. The molecule has 3 aromatic rings. The van der Waals surface area contributed by atoms with Crippen molar-refractivity contribution in [3.63, 3.8) is 0 Å². The second-order valence-electron chi connectivity index (χ2n) is 7.71. The number of carbonyl (C=O) groups is 2. The first kappa shape index (κ1) is 19.8. The lowest BCUT2D eigenvalue weighted by molar-refractivity contribution is 0.0791.